The molecule has 0 aliphatic heterocycles. The second kappa shape index (κ2) is 3.72. The van der Waals surface area contributed by atoms with E-state index in [0.717, 1.165) is 11.6 Å². The number of aromatic nitrogens is 1. The van der Waals surface area contributed by atoms with Crippen molar-refractivity contribution in [1.29, 1.82) is 0 Å². The third-order valence-corrected chi connectivity index (χ3v) is 5.49. The molecule has 3 atom stereocenters. The smallest absolute Gasteiger partial charge is 0.0529 e. The maximum Gasteiger partial charge on any atom is 0.0529 e. The molecule has 3 rings (SSSR count). The first-order valence-electron chi connectivity index (χ1n) is 7.11. The highest BCUT2D eigenvalue weighted by molar-refractivity contribution is 5.44. The minimum absolute atomic E-state index is 0.401. The summed E-state index contributed by atoms with van der Waals surface area (Å²) in [6.45, 7) is 9.36. The molecule has 1 N–H and O–H groups in total. The minimum Gasteiger partial charge on any atom is -0.380 e. The van der Waals surface area contributed by atoms with E-state index in [4.69, 9.17) is 0 Å². The molecule has 3 unspecified atom stereocenters. The van der Waals surface area contributed by atoms with Gasteiger partial charge in [-0.15, -0.1) is 0 Å². The van der Waals surface area contributed by atoms with E-state index in [1.54, 1.807) is 0 Å². The van der Waals surface area contributed by atoms with E-state index in [9.17, 15) is 0 Å². The van der Waals surface area contributed by atoms with Crippen LogP contribution in [0.25, 0.3) is 0 Å². The lowest BCUT2D eigenvalue weighted by Gasteiger charge is -2.43. The molecule has 0 spiro atoms. The summed E-state index contributed by atoms with van der Waals surface area (Å²) in [5, 5.41) is 3.77. The van der Waals surface area contributed by atoms with Gasteiger partial charge >= 0.3 is 0 Å². The molecule has 0 amide bonds. The largest absolute Gasteiger partial charge is 0.380 e. The first-order chi connectivity index (χ1) is 8.42. The van der Waals surface area contributed by atoms with E-state index in [0.29, 0.717) is 16.9 Å². The first kappa shape index (κ1) is 12.0. The van der Waals surface area contributed by atoms with Crippen molar-refractivity contribution in [1.82, 2.24) is 4.98 Å². The van der Waals surface area contributed by atoms with E-state index in [2.05, 4.69) is 43.2 Å². The molecular formula is C16H24N2. The van der Waals surface area contributed by atoms with Crippen LogP contribution < -0.4 is 5.32 Å². The number of nitrogens with zero attached hydrogens (tertiary/aromatic N) is 1. The molecule has 1 heterocycles. The SMILES string of the molecule is Cc1ccc(NC2C3(C)CCC(C3)C2(C)C)cn1. The fourth-order valence-corrected chi connectivity index (χ4v) is 4.38. The molecule has 2 nitrogen and oxygen atoms in total. The second-order valence-corrected chi connectivity index (χ2v) is 7.18. The fraction of sp³-hybridized carbons (Fsp3) is 0.688. The average Bonchev–Trinajstić information content (AvgIpc) is 2.78. The zero-order valence-electron chi connectivity index (χ0n) is 12.0. The Balaban J connectivity index is 1.86. The molecule has 2 fully saturated rings. The summed E-state index contributed by atoms with van der Waals surface area (Å²) in [7, 11) is 0. The Hall–Kier alpha value is -1.05. The summed E-state index contributed by atoms with van der Waals surface area (Å²) in [5.74, 6) is 0.887. The minimum atomic E-state index is 0.401. The molecule has 98 valence electrons. The van der Waals surface area contributed by atoms with E-state index >= 15 is 0 Å². The summed E-state index contributed by atoms with van der Waals surface area (Å²) in [5.41, 5.74) is 3.13. The van der Waals surface area contributed by atoms with Crippen LogP contribution >= 0.6 is 0 Å². The van der Waals surface area contributed by atoms with Crippen LogP contribution in [0, 0.1) is 23.7 Å². The number of aryl methyl sites for hydroxylation is 1. The van der Waals surface area contributed by atoms with Crippen LogP contribution in [0.1, 0.15) is 45.7 Å². The Bertz CT molecular complexity index is 444. The lowest BCUT2D eigenvalue weighted by Crippen LogP contribution is -2.45. The highest BCUT2D eigenvalue weighted by atomic mass is 15.0. The topological polar surface area (TPSA) is 24.9 Å². The first-order valence-corrected chi connectivity index (χ1v) is 7.11. The van der Waals surface area contributed by atoms with E-state index in [1.807, 2.05) is 13.1 Å². The van der Waals surface area contributed by atoms with Gasteiger partial charge in [0.2, 0.25) is 0 Å². The summed E-state index contributed by atoms with van der Waals surface area (Å²) < 4.78 is 0. The van der Waals surface area contributed by atoms with Crippen LogP contribution in [0.3, 0.4) is 0 Å². The molecule has 2 bridgehead atoms. The lowest BCUT2D eigenvalue weighted by molar-refractivity contribution is 0.155. The Morgan fingerprint density at radius 3 is 2.61 bits per heavy atom. The second-order valence-electron chi connectivity index (χ2n) is 7.18. The molecule has 18 heavy (non-hydrogen) atoms. The molecule has 2 aliphatic carbocycles. The Labute approximate surface area is 110 Å². The fourth-order valence-electron chi connectivity index (χ4n) is 4.38. The van der Waals surface area contributed by atoms with Crippen molar-refractivity contribution in [3.05, 3.63) is 24.0 Å². The molecule has 2 heteroatoms. The van der Waals surface area contributed by atoms with Gasteiger partial charge in [-0.05, 0) is 55.1 Å². The number of nitrogens with one attached hydrogen (secondary N) is 1. The summed E-state index contributed by atoms with van der Waals surface area (Å²) in [6.07, 6.45) is 6.14. The van der Waals surface area contributed by atoms with Crippen LogP contribution in [0.4, 0.5) is 5.69 Å². The summed E-state index contributed by atoms with van der Waals surface area (Å²) in [4.78, 5) is 4.39. The van der Waals surface area contributed by atoms with Gasteiger partial charge in [-0.2, -0.15) is 0 Å². The normalized spacial score (nSPS) is 36.9. The highest BCUT2D eigenvalue weighted by Gasteiger charge is 2.59. The van der Waals surface area contributed by atoms with Crippen LogP contribution in [-0.4, -0.2) is 11.0 Å². The lowest BCUT2D eigenvalue weighted by atomic mass is 9.68. The van der Waals surface area contributed by atoms with E-state index in [-0.39, 0.29) is 0 Å². The summed E-state index contributed by atoms with van der Waals surface area (Å²) in [6, 6.07) is 4.83. The third kappa shape index (κ3) is 1.65. The van der Waals surface area contributed by atoms with E-state index in [1.165, 1.54) is 24.9 Å². The Morgan fingerprint density at radius 2 is 2.06 bits per heavy atom. The molecule has 1 aromatic rings. The number of fused-ring (bicyclic) bond motifs is 2. The van der Waals surface area contributed by atoms with Gasteiger partial charge in [-0.1, -0.05) is 20.8 Å². The van der Waals surface area contributed by atoms with Crippen molar-refractivity contribution < 1.29 is 0 Å². The van der Waals surface area contributed by atoms with Crippen LogP contribution in [0.5, 0.6) is 0 Å². The van der Waals surface area contributed by atoms with Crippen LogP contribution in [0.15, 0.2) is 18.3 Å². The standard InChI is InChI=1S/C16H24N2/c1-11-5-6-13(10-17-11)18-14-15(2,3)12-7-8-16(14,4)9-12/h5-6,10,12,14,18H,7-9H2,1-4H3. The zero-order valence-corrected chi connectivity index (χ0v) is 12.0. The van der Waals surface area contributed by atoms with Crippen molar-refractivity contribution in [2.24, 2.45) is 16.7 Å². The molecule has 0 radical (unpaired) electrons. The van der Waals surface area contributed by atoms with Crippen molar-refractivity contribution in [3.8, 4) is 0 Å². The van der Waals surface area contributed by atoms with Crippen LogP contribution in [0.2, 0.25) is 0 Å². The maximum absolute atomic E-state index is 4.39. The summed E-state index contributed by atoms with van der Waals surface area (Å²) >= 11 is 0. The third-order valence-electron chi connectivity index (χ3n) is 5.49. The van der Waals surface area contributed by atoms with E-state index < -0.39 is 0 Å². The number of hydrogen-bond acceptors (Lipinski definition) is 2. The maximum atomic E-state index is 4.39. The predicted molar refractivity (Wildman–Crippen MR) is 75.6 cm³/mol. The van der Waals surface area contributed by atoms with Gasteiger partial charge < -0.3 is 5.32 Å². The van der Waals surface area contributed by atoms with Crippen molar-refractivity contribution in [2.45, 2.75) is 53.0 Å². The molecule has 0 saturated heterocycles. The van der Waals surface area contributed by atoms with Gasteiger partial charge in [0.05, 0.1) is 11.9 Å². The quantitative estimate of drug-likeness (QED) is 0.850. The van der Waals surface area contributed by atoms with Gasteiger partial charge in [-0.25, -0.2) is 0 Å². The average molecular weight is 244 g/mol. The van der Waals surface area contributed by atoms with Gasteiger partial charge in [0.15, 0.2) is 0 Å². The number of pyridine rings is 1. The molecule has 2 saturated carbocycles. The van der Waals surface area contributed by atoms with Gasteiger partial charge in [0.25, 0.3) is 0 Å². The predicted octanol–water partition coefficient (Wildman–Crippen LogP) is 4.02. The highest BCUT2D eigenvalue weighted by Crippen LogP contribution is 2.63. The number of anilines is 1. The molecular weight excluding hydrogens is 220 g/mol. The van der Waals surface area contributed by atoms with Crippen LogP contribution in [-0.2, 0) is 0 Å². The number of rotatable bonds is 2. The molecule has 1 aromatic heterocycles. The Morgan fingerprint density at radius 1 is 1.28 bits per heavy atom. The monoisotopic (exact) mass is 244 g/mol. The zero-order chi connectivity index (χ0) is 13.0. The van der Waals surface area contributed by atoms with Gasteiger partial charge in [-0.3, -0.25) is 4.98 Å². The Kier molecular flexibility index (Phi) is 2.48. The van der Waals surface area contributed by atoms with Crippen molar-refractivity contribution in [2.75, 3.05) is 5.32 Å². The van der Waals surface area contributed by atoms with Crippen molar-refractivity contribution in [3.63, 3.8) is 0 Å². The molecule has 0 aromatic carbocycles. The molecule has 2 aliphatic rings. The van der Waals surface area contributed by atoms with Gasteiger partial charge in [0, 0.05) is 11.7 Å². The van der Waals surface area contributed by atoms with Gasteiger partial charge in [0.1, 0.15) is 0 Å². The van der Waals surface area contributed by atoms with Crippen molar-refractivity contribution >= 4 is 5.69 Å². The number of hydrogen-bond donors (Lipinski definition) is 1.